The minimum atomic E-state index is -0.0610. The van der Waals surface area contributed by atoms with Crippen molar-refractivity contribution in [3.05, 3.63) is 18.1 Å². The number of carbonyl (C=O) groups is 1. The third-order valence-corrected chi connectivity index (χ3v) is 4.35. The number of fused-ring (bicyclic) bond motifs is 1. The van der Waals surface area contributed by atoms with E-state index < -0.39 is 0 Å². The van der Waals surface area contributed by atoms with Crippen molar-refractivity contribution in [1.82, 2.24) is 30.1 Å². The van der Waals surface area contributed by atoms with Crippen LogP contribution in [-0.4, -0.2) is 43.3 Å². The number of ether oxygens (including phenoxy) is 1. The van der Waals surface area contributed by atoms with E-state index in [1.54, 1.807) is 10.9 Å². The van der Waals surface area contributed by atoms with Crippen LogP contribution in [0.5, 0.6) is 0 Å². The van der Waals surface area contributed by atoms with Crippen LogP contribution in [0, 0.1) is 5.92 Å². The van der Waals surface area contributed by atoms with Crippen molar-refractivity contribution in [2.75, 3.05) is 6.54 Å². The molecule has 2 aromatic heterocycles. The Balaban J connectivity index is 1.38. The van der Waals surface area contributed by atoms with E-state index in [1.807, 2.05) is 17.9 Å². The van der Waals surface area contributed by atoms with Gasteiger partial charge in [0, 0.05) is 31.8 Å². The summed E-state index contributed by atoms with van der Waals surface area (Å²) < 4.78 is 9.46. The molecule has 0 saturated heterocycles. The molecule has 2 aromatic rings. The second-order valence-electron chi connectivity index (χ2n) is 6.35. The highest BCUT2D eigenvalue weighted by Gasteiger charge is 2.27. The molecular formula is C15H20N6O2. The van der Waals surface area contributed by atoms with Crippen molar-refractivity contribution < 1.29 is 9.53 Å². The number of rotatable bonds is 5. The second-order valence-corrected chi connectivity index (χ2v) is 6.35. The molecule has 2 aliphatic rings. The Morgan fingerprint density at radius 3 is 3.09 bits per heavy atom. The molecule has 0 radical (unpaired) electrons. The third-order valence-electron chi connectivity index (χ3n) is 4.35. The molecule has 3 heterocycles. The SMILES string of the molecule is Cn1cc(-c2nnn3c2COC(CNC(=O)CC2CC2)C3)cn1. The summed E-state index contributed by atoms with van der Waals surface area (Å²) in [6.07, 6.45) is 6.64. The Hall–Kier alpha value is -2.22. The summed E-state index contributed by atoms with van der Waals surface area (Å²) in [5.74, 6) is 0.725. The molecule has 0 aromatic carbocycles. The molecule has 122 valence electrons. The molecule has 8 nitrogen and oxygen atoms in total. The van der Waals surface area contributed by atoms with E-state index in [-0.39, 0.29) is 12.0 Å². The van der Waals surface area contributed by atoms with Crippen LogP contribution in [0.2, 0.25) is 0 Å². The van der Waals surface area contributed by atoms with Gasteiger partial charge in [0.15, 0.2) is 0 Å². The van der Waals surface area contributed by atoms with E-state index in [9.17, 15) is 4.79 Å². The molecule has 1 saturated carbocycles. The van der Waals surface area contributed by atoms with Crippen LogP contribution in [0.3, 0.4) is 0 Å². The van der Waals surface area contributed by atoms with Crippen molar-refractivity contribution >= 4 is 5.91 Å². The van der Waals surface area contributed by atoms with E-state index in [4.69, 9.17) is 4.74 Å². The largest absolute Gasteiger partial charge is 0.368 e. The number of amides is 1. The molecule has 1 aliphatic carbocycles. The van der Waals surface area contributed by atoms with Gasteiger partial charge in [0.1, 0.15) is 5.69 Å². The first-order chi connectivity index (χ1) is 11.2. The number of hydrogen-bond acceptors (Lipinski definition) is 5. The highest BCUT2D eigenvalue weighted by Crippen LogP contribution is 2.32. The Bertz CT molecular complexity index is 717. The summed E-state index contributed by atoms with van der Waals surface area (Å²) >= 11 is 0. The lowest BCUT2D eigenvalue weighted by Gasteiger charge is -2.24. The van der Waals surface area contributed by atoms with Crippen molar-refractivity contribution in [2.24, 2.45) is 13.0 Å². The predicted octanol–water partition coefficient (Wildman–Crippen LogP) is 0.494. The second kappa shape index (κ2) is 5.77. The van der Waals surface area contributed by atoms with E-state index in [1.165, 1.54) is 12.8 Å². The van der Waals surface area contributed by atoms with Crippen LogP contribution < -0.4 is 5.32 Å². The van der Waals surface area contributed by atoms with Gasteiger partial charge < -0.3 is 10.1 Å². The fourth-order valence-electron chi connectivity index (χ4n) is 2.84. The fourth-order valence-corrected chi connectivity index (χ4v) is 2.84. The topological polar surface area (TPSA) is 86.9 Å². The predicted molar refractivity (Wildman–Crippen MR) is 81.2 cm³/mol. The van der Waals surface area contributed by atoms with Gasteiger partial charge in [0.25, 0.3) is 0 Å². The summed E-state index contributed by atoms with van der Waals surface area (Å²) in [6.45, 7) is 1.57. The summed E-state index contributed by atoms with van der Waals surface area (Å²) in [7, 11) is 1.87. The number of nitrogens with one attached hydrogen (secondary N) is 1. The molecule has 4 rings (SSSR count). The monoisotopic (exact) mass is 316 g/mol. The molecule has 1 N–H and O–H groups in total. The number of carbonyl (C=O) groups excluding carboxylic acids is 1. The maximum absolute atomic E-state index is 11.8. The Morgan fingerprint density at radius 2 is 2.35 bits per heavy atom. The van der Waals surface area contributed by atoms with Crippen molar-refractivity contribution in [1.29, 1.82) is 0 Å². The van der Waals surface area contributed by atoms with Gasteiger partial charge in [-0.2, -0.15) is 5.10 Å². The molecule has 8 heteroatoms. The summed E-state index contributed by atoms with van der Waals surface area (Å²) in [5, 5.41) is 15.6. The van der Waals surface area contributed by atoms with Gasteiger partial charge in [-0.15, -0.1) is 5.10 Å². The normalized spacial score (nSPS) is 20.3. The van der Waals surface area contributed by atoms with Gasteiger partial charge in [-0.05, 0) is 18.8 Å². The first-order valence-electron chi connectivity index (χ1n) is 7.98. The van der Waals surface area contributed by atoms with Gasteiger partial charge in [-0.25, -0.2) is 4.68 Å². The lowest BCUT2D eigenvalue weighted by Crippen LogP contribution is -2.39. The molecular weight excluding hydrogens is 296 g/mol. The fraction of sp³-hybridized carbons (Fsp3) is 0.600. The van der Waals surface area contributed by atoms with Crippen LogP contribution in [0.4, 0.5) is 0 Å². The zero-order valence-electron chi connectivity index (χ0n) is 13.1. The van der Waals surface area contributed by atoms with Crippen LogP contribution in [0.1, 0.15) is 25.0 Å². The molecule has 1 aliphatic heterocycles. The van der Waals surface area contributed by atoms with E-state index >= 15 is 0 Å². The Morgan fingerprint density at radius 1 is 1.48 bits per heavy atom. The first-order valence-corrected chi connectivity index (χ1v) is 7.98. The number of nitrogens with zero attached hydrogens (tertiary/aromatic N) is 5. The summed E-state index contributed by atoms with van der Waals surface area (Å²) in [5.41, 5.74) is 2.71. The van der Waals surface area contributed by atoms with Crippen LogP contribution in [0.25, 0.3) is 11.3 Å². The van der Waals surface area contributed by atoms with E-state index in [0.29, 0.717) is 32.0 Å². The van der Waals surface area contributed by atoms with Crippen molar-refractivity contribution in [3.8, 4) is 11.3 Å². The summed E-state index contributed by atoms with van der Waals surface area (Å²) in [4.78, 5) is 11.8. The zero-order chi connectivity index (χ0) is 15.8. The number of aromatic nitrogens is 5. The minimum absolute atomic E-state index is 0.0610. The third kappa shape index (κ3) is 3.12. The number of aryl methyl sites for hydroxylation is 1. The maximum Gasteiger partial charge on any atom is 0.220 e. The minimum Gasteiger partial charge on any atom is -0.368 e. The molecule has 1 amide bonds. The lowest BCUT2D eigenvalue weighted by atomic mass is 10.2. The molecule has 0 spiro atoms. The van der Waals surface area contributed by atoms with Crippen LogP contribution in [0.15, 0.2) is 12.4 Å². The Labute approximate surface area is 133 Å². The zero-order valence-corrected chi connectivity index (χ0v) is 13.1. The highest BCUT2D eigenvalue weighted by molar-refractivity contribution is 5.76. The van der Waals surface area contributed by atoms with Gasteiger partial charge >= 0.3 is 0 Å². The van der Waals surface area contributed by atoms with Gasteiger partial charge in [0.2, 0.25) is 5.91 Å². The lowest BCUT2D eigenvalue weighted by molar-refractivity contribution is -0.122. The van der Waals surface area contributed by atoms with Gasteiger partial charge in [-0.1, -0.05) is 5.21 Å². The molecule has 1 fully saturated rings. The molecule has 1 unspecified atom stereocenters. The highest BCUT2D eigenvalue weighted by atomic mass is 16.5. The molecule has 1 atom stereocenters. The van der Waals surface area contributed by atoms with Gasteiger partial charge in [0.05, 0.1) is 31.1 Å². The average molecular weight is 316 g/mol. The quantitative estimate of drug-likeness (QED) is 0.867. The Kier molecular flexibility index (Phi) is 3.60. The average Bonchev–Trinajstić information content (AvgIpc) is 3.08. The van der Waals surface area contributed by atoms with Crippen molar-refractivity contribution in [2.45, 2.75) is 38.5 Å². The first kappa shape index (κ1) is 14.4. The number of hydrogen-bond donors (Lipinski definition) is 1. The standard InChI is InChI=1S/C15H20N6O2/c1-20-7-11(5-17-20)15-13-9-23-12(8-21(13)19-18-15)6-16-14(22)4-10-2-3-10/h5,7,10,12H,2-4,6,8-9H2,1H3,(H,16,22). The maximum atomic E-state index is 11.8. The molecule has 23 heavy (non-hydrogen) atoms. The molecule has 0 bridgehead atoms. The smallest absolute Gasteiger partial charge is 0.220 e. The van der Waals surface area contributed by atoms with Crippen molar-refractivity contribution in [3.63, 3.8) is 0 Å². The van der Waals surface area contributed by atoms with E-state index in [2.05, 4.69) is 20.7 Å². The van der Waals surface area contributed by atoms with Crippen LogP contribution in [-0.2, 0) is 29.7 Å². The summed E-state index contributed by atoms with van der Waals surface area (Å²) in [6, 6.07) is 0. The van der Waals surface area contributed by atoms with Crippen LogP contribution >= 0.6 is 0 Å². The van der Waals surface area contributed by atoms with Gasteiger partial charge in [-0.3, -0.25) is 9.48 Å². The van der Waals surface area contributed by atoms with E-state index in [0.717, 1.165) is 17.0 Å².